The number of pyridine rings is 1. The van der Waals surface area contributed by atoms with Crippen molar-refractivity contribution in [3.8, 4) is 16.6 Å². The van der Waals surface area contributed by atoms with E-state index in [2.05, 4.69) is 45.5 Å². The van der Waals surface area contributed by atoms with E-state index in [0.717, 1.165) is 48.6 Å². The molecule has 2 N–H and O–H groups in total. The van der Waals surface area contributed by atoms with Gasteiger partial charge in [-0.2, -0.15) is 10.4 Å². The molecule has 0 aliphatic heterocycles. The van der Waals surface area contributed by atoms with Crippen molar-refractivity contribution < 1.29 is 0 Å². The van der Waals surface area contributed by atoms with Crippen LogP contribution in [-0.2, 0) is 7.05 Å². The molecule has 0 bridgehead atoms. The second-order valence-corrected chi connectivity index (χ2v) is 7.66. The van der Waals surface area contributed by atoms with E-state index in [9.17, 15) is 5.26 Å². The van der Waals surface area contributed by atoms with Gasteiger partial charge in [-0.05, 0) is 42.8 Å². The molecule has 136 valence electrons. The lowest BCUT2D eigenvalue weighted by atomic mass is 10.1. The first kappa shape index (κ1) is 16.5. The summed E-state index contributed by atoms with van der Waals surface area (Å²) >= 11 is 1.59. The highest BCUT2D eigenvalue weighted by molar-refractivity contribution is 7.21. The topological polar surface area (TPSA) is 82.3 Å². The maximum Gasteiger partial charge on any atom is 0.126 e. The van der Waals surface area contributed by atoms with Crippen molar-refractivity contribution in [1.29, 1.82) is 5.26 Å². The van der Waals surface area contributed by atoms with Gasteiger partial charge in [0.25, 0.3) is 0 Å². The number of benzene rings is 1. The third kappa shape index (κ3) is 2.47. The minimum absolute atomic E-state index is 0.524. The lowest BCUT2D eigenvalue weighted by Crippen LogP contribution is -1.97. The fourth-order valence-electron chi connectivity index (χ4n) is 3.50. The molecule has 0 amide bonds. The third-order valence-corrected chi connectivity index (χ3v) is 6.08. The molecule has 4 heterocycles. The molecule has 0 aliphatic rings. The molecule has 0 saturated carbocycles. The van der Waals surface area contributed by atoms with E-state index in [-0.39, 0.29) is 0 Å². The Morgan fingerprint density at radius 3 is 2.89 bits per heavy atom. The number of fused-ring (bicyclic) bond motifs is 2. The van der Waals surface area contributed by atoms with Gasteiger partial charge in [-0.1, -0.05) is 0 Å². The highest BCUT2D eigenvalue weighted by atomic mass is 32.1. The number of nitrogens with one attached hydrogen (secondary N) is 2. The van der Waals surface area contributed by atoms with Crippen molar-refractivity contribution in [3.63, 3.8) is 0 Å². The molecular weight excluding hydrogens is 368 g/mol. The lowest BCUT2D eigenvalue weighted by molar-refractivity contribution is 0.777. The van der Waals surface area contributed by atoms with Gasteiger partial charge in [0.15, 0.2) is 0 Å². The average molecular weight is 384 g/mol. The van der Waals surface area contributed by atoms with Gasteiger partial charge in [-0.3, -0.25) is 4.68 Å². The van der Waals surface area contributed by atoms with Crippen LogP contribution < -0.4 is 5.32 Å². The van der Waals surface area contributed by atoms with Crippen LogP contribution in [0.2, 0.25) is 0 Å². The van der Waals surface area contributed by atoms with E-state index in [1.165, 1.54) is 0 Å². The Kier molecular flexibility index (Phi) is 3.67. The fourth-order valence-corrected chi connectivity index (χ4v) is 4.57. The molecule has 0 atom stereocenters. The van der Waals surface area contributed by atoms with Gasteiger partial charge in [-0.15, -0.1) is 11.3 Å². The zero-order chi connectivity index (χ0) is 19.3. The van der Waals surface area contributed by atoms with E-state index >= 15 is 0 Å². The molecule has 5 aromatic rings. The lowest BCUT2D eigenvalue weighted by Gasteiger charge is -2.12. The standard InChI is InChI=1S/C21H16N6S/c1-12-14-5-7-23-17(14)4-3-16(12)26-20-13(10-22)11-24-21-15(20)9-19(28-21)18-6-8-25-27(18)2/h3-9,11,23H,1-2H3,(H,24,26). The van der Waals surface area contributed by atoms with E-state index in [1.807, 2.05) is 36.1 Å². The summed E-state index contributed by atoms with van der Waals surface area (Å²) in [5.74, 6) is 0. The minimum atomic E-state index is 0.524. The van der Waals surface area contributed by atoms with Gasteiger partial charge >= 0.3 is 0 Å². The normalized spacial score (nSPS) is 11.2. The van der Waals surface area contributed by atoms with Crippen molar-refractivity contribution in [2.75, 3.05) is 5.32 Å². The predicted octanol–water partition coefficient (Wildman–Crippen LogP) is 5.10. The molecule has 6 nitrogen and oxygen atoms in total. The van der Waals surface area contributed by atoms with Crippen LogP contribution in [0.25, 0.3) is 31.7 Å². The number of thiophene rings is 1. The minimum Gasteiger partial charge on any atom is -0.361 e. The number of nitrogens with zero attached hydrogens (tertiary/aromatic N) is 4. The maximum absolute atomic E-state index is 9.65. The highest BCUT2D eigenvalue weighted by Crippen LogP contribution is 2.39. The van der Waals surface area contributed by atoms with E-state index in [4.69, 9.17) is 0 Å². The quantitative estimate of drug-likeness (QED) is 0.453. The third-order valence-electron chi connectivity index (χ3n) is 5.02. The molecule has 0 saturated heterocycles. The molecule has 0 unspecified atom stereocenters. The Balaban J connectivity index is 1.68. The largest absolute Gasteiger partial charge is 0.361 e. The molecule has 0 spiro atoms. The van der Waals surface area contributed by atoms with Crippen LogP contribution in [-0.4, -0.2) is 19.7 Å². The second kappa shape index (κ2) is 6.22. The van der Waals surface area contributed by atoms with Gasteiger partial charge < -0.3 is 10.3 Å². The van der Waals surface area contributed by atoms with E-state index in [1.54, 1.807) is 23.7 Å². The number of aryl methyl sites for hydroxylation is 2. The molecule has 1 aromatic carbocycles. The summed E-state index contributed by atoms with van der Waals surface area (Å²) in [6, 6.07) is 12.5. The summed E-state index contributed by atoms with van der Waals surface area (Å²) in [5.41, 5.74) is 5.54. The Hall–Kier alpha value is -3.63. The Bertz CT molecular complexity index is 1380. The number of hydrogen-bond donors (Lipinski definition) is 2. The molecule has 0 radical (unpaired) electrons. The van der Waals surface area contributed by atoms with Gasteiger partial charge in [0, 0.05) is 47.6 Å². The molecule has 28 heavy (non-hydrogen) atoms. The number of H-pyrrole nitrogens is 1. The molecular formula is C21H16N6S. The highest BCUT2D eigenvalue weighted by Gasteiger charge is 2.16. The average Bonchev–Trinajstić information content (AvgIpc) is 3.42. The summed E-state index contributed by atoms with van der Waals surface area (Å²) in [4.78, 5) is 9.69. The number of aromatic nitrogens is 4. The van der Waals surface area contributed by atoms with Crippen LogP contribution >= 0.6 is 11.3 Å². The zero-order valence-corrected chi connectivity index (χ0v) is 16.1. The summed E-state index contributed by atoms with van der Waals surface area (Å²) in [7, 11) is 1.92. The van der Waals surface area contributed by atoms with Gasteiger partial charge in [0.2, 0.25) is 0 Å². The van der Waals surface area contributed by atoms with Crippen LogP contribution in [0, 0.1) is 18.3 Å². The van der Waals surface area contributed by atoms with Crippen molar-refractivity contribution in [3.05, 3.63) is 60.0 Å². The molecule has 4 aromatic heterocycles. The summed E-state index contributed by atoms with van der Waals surface area (Å²) in [6.07, 6.45) is 5.35. The van der Waals surface area contributed by atoms with Crippen LogP contribution in [0.15, 0.2) is 48.9 Å². The van der Waals surface area contributed by atoms with Crippen LogP contribution in [0.4, 0.5) is 11.4 Å². The first-order chi connectivity index (χ1) is 13.7. The number of nitriles is 1. The first-order valence-corrected chi connectivity index (χ1v) is 9.62. The van der Waals surface area contributed by atoms with Gasteiger partial charge in [0.05, 0.1) is 21.8 Å². The molecule has 0 fully saturated rings. The zero-order valence-electron chi connectivity index (χ0n) is 15.3. The van der Waals surface area contributed by atoms with Crippen molar-refractivity contribution in [2.24, 2.45) is 7.05 Å². The van der Waals surface area contributed by atoms with E-state index < -0.39 is 0 Å². The van der Waals surface area contributed by atoms with Gasteiger partial charge in [-0.25, -0.2) is 4.98 Å². The van der Waals surface area contributed by atoms with E-state index in [0.29, 0.717) is 5.56 Å². The maximum atomic E-state index is 9.65. The predicted molar refractivity (Wildman–Crippen MR) is 113 cm³/mol. The molecule has 0 aliphatic carbocycles. The van der Waals surface area contributed by atoms with Crippen LogP contribution in [0.1, 0.15) is 11.1 Å². The molecule has 7 heteroatoms. The van der Waals surface area contributed by atoms with Crippen molar-refractivity contribution in [2.45, 2.75) is 6.92 Å². The summed E-state index contributed by atoms with van der Waals surface area (Å²) in [5, 5.41) is 19.5. The Labute approximate surface area is 165 Å². The van der Waals surface area contributed by atoms with Crippen molar-refractivity contribution >= 4 is 43.8 Å². The number of hydrogen-bond acceptors (Lipinski definition) is 5. The van der Waals surface area contributed by atoms with Gasteiger partial charge in [0.1, 0.15) is 10.9 Å². The molecule has 5 rings (SSSR count). The smallest absolute Gasteiger partial charge is 0.126 e. The van der Waals surface area contributed by atoms with Crippen molar-refractivity contribution in [1.82, 2.24) is 19.7 Å². The van der Waals surface area contributed by atoms with Crippen LogP contribution in [0.5, 0.6) is 0 Å². The first-order valence-electron chi connectivity index (χ1n) is 8.80. The van der Waals surface area contributed by atoms with Crippen LogP contribution in [0.3, 0.4) is 0 Å². The number of aromatic amines is 1. The Morgan fingerprint density at radius 2 is 2.11 bits per heavy atom. The second-order valence-electron chi connectivity index (χ2n) is 6.63. The summed E-state index contributed by atoms with van der Waals surface area (Å²) < 4.78 is 1.84. The summed E-state index contributed by atoms with van der Waals surface area (Å²) in [6.45, 7) is 2.08. The SMILES string of the molecule is Cc1c(Nc2c(C#N)cnc3sc(-c4ccnn4C)cc23)ccc2[nH]ccc12. The number of anilines is 2. The fraction of sp³-hybridized carbons (Fsp3) is 0.0952. The number of rotatable bonds is 3. The monoisotopic (exact) mass is 384 g/mol. The Morgan fingerprint density at radius 1 is 1.21 bits per heavy atom.